The van der Waals surface area contributed by atoms with E-state index in [1.807, 2.05) is 6.07 Å². The lowest BCUT2D eigenvalue weighted by atomic mass is 10.0. The van der Waals surface area contributed by atoms with Crippen LogP contribution >= 0.6 is 34.8 Å². The van der Waals surface area contributed by atoms with Gasteiger partial charge < -0.3 is 4.90 Å². The van der Waals surface area contributed by atoms with Crippen molar-refractivity contribution < 1.29 is 8.78 Å². The van der Waals surface area contributed by atoms with Crippen molar-refractivity contribution in [3.63, 3.8) is 0 Å². The summed E-state index contributed by atoms with van der Waals surface area (Å²) in [6.07, 6.45) is 0. The van der Waals surface area contributed by atoms with Crippen molar-refractivity contribution in [1.82, 2.24) is 17.5 Å². The van der Waals surface area contributed by atoms with Gasteiger partial charge >= 0.3 is 0 Å². The maximum absolute atomic E-state index is 14.6. The summed E-state index contributed by atoms with van der Waals surface area (Å²) in [5.74, 6) is -2.03. The van der Waals surface area contributed by atoms with Gasteiger partial charge in [0.1, 0.15) is 44.1 Å². The van der Waals surface area contributed by atoms with E-state index in [4.69, 9.17) is 0 Å². The Labute approximate surface area is 293 Å². The van der Waals surface area contributed by atoms with E-state index in [1.165, 1.54) is 11.1 Å². The van der Waals surface area contributed by atoms with Crippen LogP contribution in [0.25, 0.3) is 54.1 Å². The zero-order valence-corrected chi connectivity index (χ0v) is 28.5. The SMILES string of the molecule is Cc1ccc(N(c2ccc(C)cc2)c2ccc(-c3cc4c(cc(/N=c5\c(=O)c(=O)c6c(F)cc(F)cc56)c5nsnc54)c4nsnc34)s2)cc1. The van der Waals surface area contributed by atoms with Crippen LogP contribution in [-0.4, -0.2) is 17.5 Å². The normalized spacial score (nSPS) is 12.3. The van der Waals surface area contributed by atoms with E-state index in [9.17, 15) is 18.4 Å². The molecule has 8 nitrogen and oxygen atoms in total. The first-order valence-electron chi connectivity index (χ1n) is 15.3. The van der Waals surface area contributed by atoms with Crippen molar-refractivity contribution in [1.29, 1.82) is 0 Å². The molecule has 0 saturated heterocycles. The van der Waals surface area contributed by atoms with Crippen LogP contribution in [0, 0.1) is 25.5 Å². The van der Waals surface area contributed by atoms with E-state index in [-0.39, 0.29) is 16.4 Å². The van der Waals surface area contributed by atoms with Gasteiger partial charge in [-0.2, -0.15) is 17.5 Å². The molecular weight excluding hydrogens is 695 g/mol. The van der Waals surface area contributed by atoms with Crippen molar-refractivity contribution in [2.24, 2.45) is 4.99 Å². The first-order valence-corrected chi connectivity index (χ1v) is 17.6. The summed E-state index contributed by atoms with van der Waals surface area (Å²) in [7, 11) is 0. The average molecular weight is 715 g/mol. The molecule has 0 saturated carbocycles. The molecule has 50 heavy (non-hydrogen) atoms. The molecule has 0 bridgehead atoms. The van der Waals surface area contributed by atoms with Crippen LogP contribution in [0.5, 0.6) is 0 Å². The Morgan fingerprint density at radius 1 is 0.640 bits per heavy atom. The van der Waals surface area contributed by atoms with Crippen LogP contribution in [0.15, 0.2) is 99.5 Å². The summed E-state index contributed by atoms with van der Waals surface area (Å²) in [5, 5.41) is 1.40. The molecule has 0 aliphatic heterocycles. The first-order chi connectivity index (χ1) is 24.2. The number of aromatic nitrogens is 4. The van der Waals surface area contributed by atoms with Crippen LogP contribution < -0.4 is 21.1 Å². The van der Waals surface area contributed by atoms with Crippen LogP contribution in [0.3, 0.4) is 0 Å². The highest BCUT2D eigenvalue weighted by Crippen LogP contribution is 2.45. The number of aryl methyl sites for hydroxylation is 2. The second-order valence-electron chi connectivity index (χ2n) is 11.9. The number of nitrogens with zero attached hydrogens (tertiary/aromatic N) is 6. The summed E-state index contributed by atoms with van der Waals surface area (Å²) >= 11 is 3.66. The van der Waals surface area contributed by atoms with E-state index in [0.29, 0.717) is 33.5 Å². The van der Waals surface area contributed by atoms with Crippen molar-refractivity contribution in [3.8, 4) is 10.4 Å². The Morgan fingerprint density at radius 3 is 1.92 bits per heavy atom. The molecule has 0 atom stereocenters. The second kappa shape index (κ2) is 11.5. The number of thiophene rings is 1. The minimum absolute atomic E-state index is 0.191. The summed E-state index contributed by atoms with van der Waals surface area (Å²) in [6, 6.07) is 26.3. The largest absolute Gasteiger partial charge is 0.302 e. The van der Waals surface area contributed by atoms with Gasteiger partial charge in [0.15, 0.2) is 0 Å². The topological polar surface area (TPSA) is 101 Å². The molecule has 6 aromatic carbocycles. The number of benzene rings is 5. The van der Waals surface area contributed by atoms with E-state index in [2.05, 4.69) is 102 Å². The third kappa shape index (κ3) is 4.76. The third-order valence-electron chi connectivity index (χ3n) is 8.70. The molecule has 0 fully saturated rings. The van der Waals surface area contributed by atoms with Crippen LogP contribution in [0.2, 0.25) is 0 Å². The minimum atomic E-state index is -1.11. The Hall–Kier alpha value is -5.63. The van der Waals surface area contributed by atoms with Gasteiger partial charge in [-0.25, -0.2) is 13.8 Å². The van der Waals surface area contributed by atoms with Gasteiger partial charge in [-0.1, -0.05) is 35.4 Å². The van der Waals surface area contributed by atoms with Crippen LogP contribution in [0.4, 0.5) is 30.8 Å². The van der Waals surface area contributed by atoms with Crippen molar-refractivity contribution >= 4 is 100 Å². The Kier molecular flexibility index (Phi) is 6.98. The predicted octanol–water partition coefficient (Wildman–Crippen LogP) is 8.92. The fourth-order valence-corrected chi connectivity index (χ4v) is 8.47. The van der Waals surface area contributed by atoms with Gasteiger partial charge in [0, 0.05) is 44.0 Å². The van der Waals surface area contributed by atoms with Gasteiger partial charge in [0.25, 0.3) is 5.43 Å². The molecule has 9 rings (SSSR count). The number of fused-ring (bicyclic) bond motifs is 6. The average Bonchev–Trinajstić information content (AvgIpc) is 3.92. The van der Waals surface area contributed by atoms with E-state index >= 15 is 0 Å². The van der Waals surface area contributed by atoms with Crippen molar-refractivity contribution in [2.75, 3.05) is 4.90 Å². The molecule has 242 valence electrons. The quantitative estimate of drug-likeness (QED) is 0.164. The third-order valence-corrected chi connectivity index (χ3v) is 10.9. The van der Waals surface area contributed by atoms with E-state index in [1.54, 1.807) is 17.4 Å². The molecule has 0 unspecified atom stereocenters. The second-order valence-corrected chi connectivity index (χ2v) is 14.0. The van der Waals surface area contributed by atoms with Gasteiger partial charge in [0.05, 0.1) is 34.5 Å². The molecule has 13 heteroatoms. The van der Waals surface area contributed by atoms with Gasteiger partial charge in [-0.3, -0.25) is 9.59 Å². The van der Waals surface area contributed by atoms with Crippen LogP contribution in [0.1, 0.15) is 11.1 Å². The molecule has 3 heterocycles. The van der Waals surface area contributed by atoms with E-state index < -0.39 is 27.9 Å². The number of anilines is 3. The number of hydrogen-bond donors (Lipinski definition) is 0. The van der Waals surface area contributed by atoms with Gasteiger partial charge in [-0.15, -0.1) is 11.3 Å². The summed E-state index contributed by atoms with van der Waals surface area (Å²) in [4.78, 5) is 33.3. The molecule has 0 spiro atoms. The molecule has 0 radical (unpaired) electrons. The molecule has 0 N–H and O–H groups in total. The Balaban J connectivity index is 1.24. The van der Waals surface area contributed by atoms with Crippen LogP contribution in [-0.2, 0) is 0 Å². The minimum Gasteiger partial charge on any atom is -0.302 e. The summed E-state index contributed by atoms with van der Waals surface area (Å²) < 4.78 is 47.1. The summed E-state index contributed by atoms with van der Waals surface area (Å²) in [5.41, 5.74) is 5.60. The van der Waals surface area contributed by atoms with Crippen molar-refractivity contribution in [3.05, 3.63) is 133 Å². The highest BCUT2D eigenvalue weighted by molar-refractivity contribution is 7.19. The standard InChI is InChI=1S/C37H20F2N6O2S3/c1-17-3-7-20(8-4-17)45(21-9-5-18(2)6-10-21)29-12-11-28(48-29)24-15-22-23(31-33(24)43-49-41-31)16-27(35-32(22)42-50-44-35)40-34-25-13-19(38)14-26(39)30(25)36(46)37(34)47/h3-16H,1-2H3/b40-34-. The molecule has 0 aliphatic rings. The van der Waals surface area contributed by atoms with Crippen molar-refractivity contribution in [2.45, 2.75) is 13.8 Å². The van der Waals surface area contributed by atoms with Gasteiger partial charge in [0.2, 0.25) is 5.43 Å². The van der Waals surface area contributed by atoms with E-state index in [0.717, 1.165) is 61.7 Å². The lowest BCUT2D eigenvalue weighted by molar-refractivity contribution is 0.592. The molecule has 9 aromatic rings. The first kappa shape index (κ1) is 30.4. The highest BCUT2D eigenvalue weighted by atomic mass is 32.1. The predicted molar refractivity (Wildman–Crippen MR) is 197 cm³/mol. The Bertz CT molecular complexity index is 2930. The fourth-order valence-electron chi connectivity index (χ4n) is 6.26. The van der Waals surface area contributed by atoms with Gasteiger partial charge in [-0.05, 0) is 68.4 Å². The molecule has 0 aliphatic carbocycles. The summed E-state index contributed by atoms with van der Waals surface area (Å²) in [6.45, 7) is 4.13. The number of hydrogen-bond acceptors (Lipinski definition) is 11. The molecule has 0 amide bonds. The highest BCUT2D eigenvalue weighted by Gasteiger charge is 2.22. The maximum atomic E-state index is 14.6. The number of rotatable bonds is 5. The number of halogens is 2. The lowest BCUT2D eigenvalue weighted by Crippen LogP contribution is -2.30. The monoisotopic (exact) mass is 714 g/mol. The maximum Gasteiger partial charge on any atom is 0.252 e. The Morgan fingerprint density at radius 2 is 1.24 bits per heavy atom. The molecular formula is C37H20F2N6O2S3. The molecule has 3 aromatic heterocycles. The lowest BCUT2D eigenvalue weighted by Gasteiger charge is -2.24. The zero-order chi connectivity index (χ0) is 34.3. The fraction of sp³-hybridized carbons (Fsp3) is 0.0541. The smallest absolute Gasteiger partial charge is 0.252 e. The zero-order valence-electron chi connectivity index (χ0n) is 26.1.